The van der Waals surface area contributed by atoms with Gasteiger partial charge in [-0.25, -0.2) is 0 Å². The molecule has 0 aliphatic carbocycles. The van der Waals surface area contributed by atoms with E-state index in [4.69, 9.17) is 16.3 Å². The Hall–Kier alpha value is -3.12. The number of carbonyl (C=O) groups excluding carboxylic acids is 1. The summed E-state index contributed by atoms with van der Waals surface area (Å²) < 4.78 is 5.18. The number of carbonyl (C=O) groups is 1. The molecule has 0 aliphatic rings. The summed E-state index contributed by atoms with van der Waals surface area (Å²) in [7, 11) is 0. The lowest BCUT2D eigenvalue weighted by Gasteiger charge is -2.09. The Balaban J connectivity index is 1.79. The molecule has 0 fully saturated rings. The minimum atomic E-state index is -1.29. The van der Waals surface area contributed by atoms with Gasteiger partial charge in [0.2, 0.25) is 0 Å². The molecule has 0 radical (unpaired) electrons. The lowest BCUT2D eigenvalue weighted by molar-refractivity contribution is -0.307. The molecule has 0 amide bonds. The SMILES string of the molecule is O=C([O-])COc1ccccc1/C=N\Nc1ccnc2cc(Cl)ccc12. The molecule has 126 valence electrons. The molecule has 0 saturated heterocycles. The van der Waals surface area contributed by atoms with Gasteiger partial charge >= 0.3 is 0 Å². The number of nitrogens with one attached hydrogen (secondary N) is 1. The van der Waals surface area contributed by atoms with Crippen molar-refractivity contribution in [1.82, 2.24) is 4.98 Å². The Morgan fingerprint density at radius 3 is 2.96 bits per heavy atom. The molecular weight excluding hydrogens is 342 g/mol. The number of carboxylic acids is 1. The van der Waals surface area contributed by atoms with E-state index in [2.05, 4.69) is 15.5 Å². The fraction of sp³-hybridized carbons (Fsp3) is 0.0556. The quantitative estimate of drug-likeness (QED) is 0.542. The Labute approximate surface area is 148 Å². The maximum atomic E-state index is 10.5. The van der Waals surface area contributed by atoms with Crippen molar-refractivity contribution in [3.8, 4) is 5.75 Å². The molecule has 1 heterocycles. The molecule has 2 aromatic carbocycles. The standard InChI is InChI=1S/C18H14ClN3O3/c19-13-5-6-14-15(7-8-20-16(14)9-13)22-21-10-12-3-1-2-4-17(12)25-11-18(23)24/h1-10H,11H2,(H,20,22)(H,23,24)/p-1/b21-10-. The van der Waals surface area contributed by atoms with Crippen LogP contribution in [0.15, 0.2) is 59.8 Å². The van der Waals surface area contributed by atoms with E-state index < -0.39 is 12.6 Å². The Kier molecular flexibility index (Phi) is 5.11. The maximum absolute atomic E-state index is 10.5. The predicted molar refractivity (Wildman–Crippen MR) is 94.9 cm³/mol. The van der Waals surface area contributed by atoms with Crippen LogP contribution >= 0.6 is 11.6 Å². The maximum Gasteiger partial charge on any atom is 0.128 e. The van der Waals surface area contributed by atoms with Crippen LogP contribution in [0.3, 0.4) is 0 Å². The van der Waals surface area contributed by atoms with Gasteiger partial charge in [0, 0.05) is 22.2 Å². The Morgan fingerprint density at radius 1 is 1.28 bits per heavy atom. The van der Waals surface area contributed by atoms with Gasteiger partial charge in [-0.05, 0) is 36.4 Å². The third-order valence-corrected chi connectivity index (χ3v) is 3.59. The summed E-state index contributed by atoms with van der Waals surface area (Å²) in [6.07, 6.45) is 3.21. The number of hydrazone groups is 1. The lowest BCUT2D eigenvalue weighted by atomic mass is 10.2. The van der Waals surface area contributed by atoms with Crippen molar-refractivity contribution in [3.05, 3.63) is 65.3 Å². The fourth-order valence-corrected chi connectivity index (χ4v) is 2.41. The number of carboxylic acid groups (broad SMARTS) is 1. The zero-order valence-electron chi connectivity index (χ0n) is 13.0. The smallest absolute Gasteiger partial charge is 0.128 e. The molecule has 1 N–H and O–H groups in total. The molecule has 0 spiro atoms. The van der Waals surface area contributed by atoms with Gasteiger partial charge < -0.3 is 14.6 Å². The van der Waals surface area contributed by atoms with E-state index in [-0.39, 0.29) is 0 Å². The highest BCUT2D eigenvalue weighted by atomic mass is 35.5. The number of anilines is 1. The molecule has 1 aromatic heterocycles. The first-order valence-corrected chi connectivity index (χ1v) is 7.76. The number of nitrogens with zero attached hydrogens (tertiary/aromatic N) is 2. The summed E-state index contributed by atoms with van der Waals surface area (Å²) in [5.41, 5.74) is 5.11. The topological polar surface area (TPSA) is 86.6 Å². The van der Waals surface area contributed by atoms with E-state index in [9.17, 15) is 9.90 Å². The average molecular weight is 355 g/mol. The van der Waals surface area contributed by atoms with Gasteiger partial charge in [-0.2, -0.15) is 5.10 Å². The monoisotopic (exact) mass is 354 g/mol. The van der Waals surface area contributed by atoms with Crippen LogP contribution in [-0.2, 0) is 4.79 Å². The highest BCUT2D eigenvalue weighted by molar-refractivity contribution is 6.31. The molecular formula is C18H13ClN3O3-. The summed E-state index contributed by atoms with van der Waals surface area (Å²) in [5.74, 6) is -0.879. The minimum Gasteiger partial charge on any atom is -0.546 e. The molecule has 6 nitrogen and oxygen atoms in total. The van der Waals surface area contributed by atoms with Crippen molar-refractivity contribution in [2.45, 2.75) is 0 Å². The van der Waals surface area contributed by atoms with Crippen LogP contribution in [0.25, 0.3) is 10.9 Å². The Morgan fingerprint density at radius 2 is 2.12 bits per heavy atom. The summed E-state index contributed by atoms with van der Waals surface area (Å²) in [6.45, 7) is -0.520. The average Bonchev–Trinajstić information content (AvgIpc) is 2.60. The largest absolute Gasteiger partial charge is 0.546 e. The van der Waals surface area contributed by atoms with Crippen LogP contribution in [0.1, 0.15) is 5.56 Å². The van der Waals surface area contributed by atoms with Gasteiger partial charge in [0.25, 0.3) is 0 Å². The summed E-state index contributed by atoms with van der Waals surface area (Å²) >= 11 is 5.97. The van der Waals surface area contributed by atoms with Crippen molar-refractivity contribution >= 4 is 40.4 Å². The van der Waals surface area contributed by atoms with Crippen LogP contribution in [0.4, 0.5) is 5.69 Å². The third kappa shape index (κ3) is 4.24. The molecule has 25 heavy (non-hydrogen) atoms. The summed E-state index contributed by atoms with van der Waals surface area (Å²) in [5, 5.41) is 16.2. The lowest BCUT2D eigenvalue weighted by Crippen LogP contribution is -2.29. The summed E-state index contributed by atoms with van der Waals surface area (Å²) in [6, 6.07) is 14.2. The predicted octanol–water partition coefficient (Wildman–Crippen LogP) is 2.46. The van der Waals surface area contributed by atoms with E-state index in [0.717, 1.165) is 16.6 Å². The first kappa shape index (κ1) is 16.7. The van der Waals surface area contributed by atoms with Gasteiger partial charge in [-0.1, -0.05) is 23.7 Å². The molecule has 0 saturated carbocycles. The third-order valence-electron chi connectivity index (χ3n) is 3.36. The second-order valence-corrected chi connectivity index (χ2v) is 5.52. The summed E-state index contributed by atoms with van der Waals surface area (Å²) in [4.78, 5) is 14.8. The molecule has 0 bridgehead atoms. The Bertz CT molecular complexity index is 944. The number of rotatable bonds is 6. The number of hydrogen-bond donors (Lipinski definition) is 1. The molecule has 0 unspecified atom stereocenters. The molecule has 3 aromatic rings. The highest BCUT2D eigenvalue weighted by Crippen LogP contribution is 2.24. The zero-order chi connectivity index (χ0) is 17.6. The highest BCUT2D eigenvalue weighted by Gasteiger charge is 2.03. The molecule has 0 aliphatic heterocycles. The van der Waals surface area contributed by atoms with E-state index in [1.165, 1.54) is 0 Å². The number of hydrogen-bond acceptors (Lipinski definition) is 6. The van der Waals surface area contributed by atoms with Crippen LogP contribution in [0.5, 0.6) is 5.75 Å². The van der Waals surface area contributed by atoms with Crippen molar-refractivity contribution in [2.75, 3.05) is 12.0 Å². The first-order valence-electron chi connectivity index (χ1n) is 7.38. The van der Waals surface area contributed by atoms with Gasteiger partial charge in [0.15, 0.2) is 0 Å². The second-order valence-electron chi connectivity index (χ2n) is 5.09. The van der Waals surface area contributed by atoms with Gasteiger partial charge in [-0.15, -0.1) is 0 Å². The number of para-hydroxylation sites is 1. The molecule has 7 heteroatoms. The van der Waals surface area contributed by atoms with Crippen molar-refractivity contribution < 1.29 is 14.6 Å². The van der Waals surface area contributed by atoms with Crippen molar-refractivity contribution in [3.63, 3.8) is 0 Å². The fourth-order valence-electron chi connectivity index (χ4n) is 2.25. The van der Waals surface area contributed by atoms with E-state index in [1.807, 2.05) is 6.07 Å². The van der Waals surface area contributed by atoms with Crippen molar-refractivity contribution in [2.24, 2.45) is 5.10 Å². The minimum absolute atomic E-state index is 0.406. The van der Waals surface area contributed by atoms with Crippen LogP contribution in [0, 0.1) is 0 Å². The molecule has 3 rings (SSSR count). The van der Waals surface area contributed by atoms with Crippen LogP contribution in [-0.4, -0.2) is 23.8 Å². The number of aromatic nitrogens is 1. The second kappa shape index (κ2) is 7.63. The van der Waals surface area contributed by atoms with Crippen LogP contribution in [0.2, 0.25) is 5.02 Å². The number of ether oxygens (including phenoxy) is 1. The number of benzene rings is 2. The van der Waals surface area contributed by atoms with E-state index >= 15 is 0 Å². The number of pyridine rings is 1. The zero-order valence-corrected chi connectivity index (χ0v) is 13.7. The van der Waals surface area contributed by atoms with E-state index in [0.29, 0.717) is 16.3 Å². The van der Waals surface area contributed by atoms with Gasteiger partial charge in [-0.3, -0.25) is 10.4 Å². The van der Waals surface area contributed by atoms with Gasteiger partial charge in [0.05, 0.1) is 23.4 Å². The van der Waals surface area contributed by atoms with Crippen LogP contribution < -0.4 is 15.3 Å². The first-order chi connectivity index (χ1) is 12.1. The number of halogens is 1. The van der Waals surface area contributed by atoms with Gasteiger partial charge in [0.1, 0.15) is 12.4 Å². The van der Waals surface area contributed by atoms with E-state index in [1.54, 1.807) is 54.9 Å². The molecule has 0 atom stereocenters. The number of aliphatic carboxylic acids is 1. The van der Waals surface area contributed by atoms with Crippen molar-refractivity contribution in [1.29, 1.82) is 0 Å². The normalized spacial score (nSPS) is 10.9. The number of fused-ring (bicyclic) bond motifs is 1.